The van der Waals surface area contributed by atoms with Gasteiger partial charge in [0.05, 0.1) is 0 Å². The van der Waals surface area contributed by atoms with Gasteiger partial charge in [-0.25, -0.2) is 0 Å². The summed E-state index contributed by atoms with van der Waals surface area (Å²) in [6.07, 6.45) is 4.26. The van der Waals surface area contributed by atoms with Crippen LogP contribution < -0.4 is 5.32 Å². The summed E-state index contributed by atoms with van der Waals surface area (Å²) in [4.78, 5) is 1.43. The first-order chi connectivity index (χ1) is 7.27. The van der Waals surface area contributed by atoms with Gasteiger partial charge in [-0.1, -0.05) is 12.5 Å². The minimum absolute atomic E-state index is 0.609. The van der Waals surface area contributed by atoms with Crippen LogP contribution in [0.2, 0.25) is 0 Å². The van der Waals surface area contributed by atoms with E-state index in [1.807, 2.05) is 11.8 Å². The molecular weight excluding hydrogens is 202 g/mol. The van der Waals surface area contributed by atoms with Gasteiger partial charge < -0.3 is 5.32 Å². The molecule has 80 valence electrons. The molecule has 1 aromatic carbocycles. The van der Waals surface area contributed by atoms with Crippen molar-refractivity contribution in [3.8, 4) is 0 Å². The molecule has 1 N–H and O–H groups in total. The highest BCUT2D eigenvalue weighted by Crippen LogP contribution is 2.48. The van der Waals surface area contributed by atoms with E-state index in [0.717, 1.165) is 0 Å². The molecule has 15 heavy (non-hydrogen) atoms. The van der Waals surface area contributed by atoms with Crippen LogP contribution >= 0.6 is 11.8 Å². The molecular formula is C13H17NS. The van der Waals surface area contributed by atoms with Crippen molar-refractivity contribution in [2.45, 2.75) is 31.1 Å². The lowest BCUT2D eigenvalue weighted by Crippen LogP contribution is -2.37. The van der Waals surface area contributed by atoms with Gasteiger partial charge in [-0.15, -0.1) is 11.8 Å². The Bertz CT molecular complexity index is 382. The zero-order valence-corrected chi connectivity index (χ0v) is 9.99. The van der Waals surface area contributed by atoms with Crippen molar-refractivity contribution in [1.29, 1.82) is 0 Å². The van der Waals surface area contributed by atoms with E-state index in [9.17, 15) is 0 Å². The highest BCUT2D eigenvalue weighted by atomic mass is 32.2. The molecule has 1 aliphatic heterocycles. The molecule has 2 aliphatic rings. The number of benzene rings is 1. The fourth-order valence-corrected chi connectivity index (χ4v) is 3.77. The van der Waals surface area contributed by atoms with Crippen LogP contribution in [-0.4, -0.2) is 12.3 Å². The van der Waals surface area contributed by atoms with E-state index in [1.54, 1.807) is 0 Å². The van der Waals surface area contributed by atoms with Gasteiger partial charge in [-0.05, 0) is 42.9 Å². The molecule has 0 saturated heterocycles. The molecule has 0 radical (unpaired) electrons. The molecule has 2 heteroatoms. The lowest BCUT2D eigenvalue weighted by molar-refractivity contribution is 0.187. The van der Waals surface area contributed by atoms with Crippen molar-refractivity contribution in [1.82, 2.24) is 0 Å². The van der Waals surface area contributed by atoms with Crippen LogP contribution in [0.15, 0.2) is 23.1 Å². The Morgan fingerprint density at radius 3 is 2.93 bits per heavy atom. The third-order valence-corrected chi connectivity index (χ3v) is 5.16. The minimum Gasteiger partial charge on any atom is -0.384 e. The molecule has 1 nitrogen and oxygen atoms in total. The van der Waals surface area contributed by atoms with Crippen LogP contribution in [0.4, 0.5) is 5.69 Å². The molecule has 1 heterocycles. The molecule has 0 unspecified atom stereocenters. The third-order valence-electron chi connectivity index (χ3n) is 3.74. The fraction of sp³-hybridized carbons (Fsp3) is 0.538. The summed E-state index contributed by atoms with van der Waals surface area (Å²) in [6, 6.07) is 6.76. The quantitative estimate of drug-likeness (QED) is 0.714. The zero-order valence-electron chi connectivity index (χ0n) is 9.18. The van der Waals surface area contributed by atoms with Crippen molar-refractivity contribution < 1.29 is 0 Å². The van der Waals surface area contributed by atoms with Gasteiger partial charge >= 0.3 is 0 Å². The van der Waals surface area contributed by atoms with Gasteiger partial charge in [0.2, 0.25) is 0 Å². The SMILES string of the molecule is Cc1ccc2c(c1)NCC1(CCC1)CS2. The number of hydrogen-bond acceptors (Lipinski definition) is 2. The highest BCUT2D eigenvalue weighted by molar-refractivity contribution is 7.99. The monoisotopic (exact) mass is 219 g/mol. The summed E-state index contributed by atoms with van der Waals surface area (Å²) in [6.45, 7) is 3.34. The molecule has 1 aliphatic carbocycles. The van der Waals surface area contributed by atoms with Crippen LogP contribution in [0, 0.1) is 12.3 Å². The first-order valence-corrected chi connectivity index (χ1v) is 6.73. The summed E-state index contributed by atoms with van der Waals surface area (Å²) >= 11 is 2.04. The third kappa shape index (κ3) is 1.65. The maximum atomic E-state index is 3.64. The Hall–Kier alpha value is -0.630. The van der Waals surface area contributed by atoms with Crippen LogP contribution in [0.5, 0.6) is 0 Å². The van der Waals surface area contributed by atoms with Crippen LogP contribution in [0.3, 0.4) is 0 Å². The van der Waals surface area contributed by atoms with Gasteiger partial charge in [-0.2, -0.15) is 0 Å². The predicted octanol–water partition coefficient (Wildman–Crippen LogP) is 3.68. The Morgan fingerprint density at radius 2 is 2.20 bits per heavy atom. The number of rotatable bonds is 0. The van der Waals surface area contributed by atoms with Gasteiger partial charge in [-0.3, -0.25) is 0 Å². The average Bonchev–Trinajstić information content (AvgIpc) is 2.36. The number of nitrogens with one attached hydrogen (secondary N) is 1. The van der Waals surface area contributed by atoms with Crippen LogP contribution in [0.1, 0.15) is 24.8 Å². The standard InChI is InChI=1S/C13H17NS/c1-10-3-4-12-11(7-10)14-8-13(9-15-12)5-2-6-13/h3-4,7,14H,2,5-6,8-9H2,1H3. The molecule has 0 bridgehead atoms. The largest absolute Gasteiger partial charge is 0.384 e. The number of hydrogen-bond donors (Lipinski definition) is 1. The number of anilines is 1. The highest BCUT2D eigenvalue weighted by Gasteiger charge is 2.38. The predicted molar refractivity (Wildman–Crippen MR) is 66.7 cm³/mol. The van der Waals surface area contributed by atoms with Gasteiger partial charge in [0.25, 0.3) is 0 Å². The summed E-state index contributed by atoms with van der Waals surface area (Å²) in [5, 5.41) is 3.64. The molecule has 0 aromatic heterocycles. The number of fused-ring (bicyclic) bond motifs is 1. The summed E-state index contributed by atoms with van der Waals surface area (Å²) in [7, 11) is 0. The molecule has 1 spiro atoms. The van der Waals surface area contributed by atoms with Crippen molar-refractivity contribution >= 4 is 17.4 Å². The Labute approximate surface area is 95.6 Å². The van der Waals surface area contributed by atoms with E-state index in [1.165, 1.54) is 47.7 Å². The molecule has 3 rings (SSSR count). The number of thioether (sulfide) groups is 1. The second-order valence-corrected chi connectivity index (χ2v) is 6.01. The Morgan fingerprint density at radius 1 is 1.33 bits per heavy atom. The molecule has 1 saturated carbocycles. The van der Waals surface area contributed by atoms with E-state index in [0.29, 0.717) is 5.41 Å². The van der Waals surface area contributed by atoms with Gasteiger partial charge in [0.1, 0.15) is 0 Å². The lowest BCUT2D eigenvalue weighted by Gasteiger charge is -2.40. The van der Waals surface area contributed by atoms with Crippen molar-refractivity contribution in [2.75, 3.05) is 17.6 Å². The maximum absolute atomic E-state index is 3.64. The normalized spacial score (nSPS) is 22.5. The summed E-state index contributed by atoms with van der Waals surface area (Å²) in [5.41, 5.74) is 3.31. The molecule has 1 fully saturated rings. The van der Waals surface area contributed by atoms with E-state index in [4.69, 9.17) is 0 Å². The lowest BCUT2D eigenvalue weighted by atomic mass is 9.70. The first-order valence-electron chi connectivity index (χ1n) is 5.75. The topological polar surface area (TPSA) is 12.0 Å². The van der Waals surface area contributed by atoms with Gasteiger partial charge in [0, 0.05) is 22.9 Å². The van der Waals surface area contributed by atoms with Crippen LogP contribution in [0.25, 0.3) is 0 Å². The number of aryl methyl sites for hydroxylation is 1. The first kappa shape index (κ1) is 9.59. The molecule has 0 amide bonds. The fourth-order valence-electron chi connectivity index (χ4n) is 2.47. The van der Waals surface area contributed by atoms with E-state index in [-0.39, 0.29) is 0 Å². The van der Waals surface area contributed by atoms with E-state index >= 15 is 0 Å². The minimum atomic E-state index is 0.609. The summed E-state index contributed by atoms with van der Waals surface area (Å²) < 4.78 is 0. The zero-order chi connectivity index (χ0) is 10.3. The van der Waals surface area contributed by atoms with Crippen molar-refractivity contribution in [2.24, 2.45) is 5.41 Å². The Kier molecular flexibility index (Phi) is 2.20. The second kappa shape index (κ2) is 3.44. The maximum Gasteiger partial charge on any atom is 0.0481 e. The average molecular weight is 219 g/mol. The van der Waals surface area contributed by atoms with Gasteiger partial charge in [0.15, 0.2) is 0 Å². The van der Waals surface area contributed by atoms with Crippen molar-refractivity contribution in [3.05, 3.63) is 23.8 Å². The van der Waals surface area contributed by atoms with Crippen LogP contribution in [-0.2, 0) is 0 Å². The summed E-state index contributed by atoms with van der Waals surface area (Å²) in [5.74, 6) is 1.30. The molecule has 1 aromatic rings. The molecule has 0 atom stereocenters. The second-order valence-electron chi connectivity index (χ2n) is 5.00. The Balaban J connectivity index is 1.88. The smallest absolute Gasteiger partial charge is 0.0481 e. The van der Waals surface area contributed by atoms with E-state index in [2.05, 4.69) is 30.4 Å². The van der Waals surface area contributed by atoms with E-state index < -0.39 is 0 Å². The van der Waals surface area contributed by atoms with Crippen molar-refractivity contribution in [3.63, 3.8) is 0 Å².